The number of nitrogens with zero attached hydrogens (tertiary/aromatic N) is 3. The van der Waals surface area contributed by atoms with Gasteiger partial charge in [-0.1, -0.05) is 24.6 Å². The van der Waals surface area contributed by atoms with Crippen LogP contribution in [0.4, 0.5) is 5.69 Å². The van der Waals surface area contributed by atoms with E-state index >= 15 is 0 Å². The first-order valence-corrected chi connectivity index (χ1v) is 9.75. The lowest BCUT2D eigenvalue weighted by molar-refractivity contribution is -0.132. The van der Waals surface area contributed by atoms with Crippen molar-refractivity contribution < 1.29 is 9.59 Å². The minimum Gasteiger partial charge on any atom is -0.354 e. The van der Waals surface area contributed by atoms with Gasteiger partial charge in [-0.2, -0.15) is 0 Å². The number of hydrogen-bond donors (Lipinski definition) is 1. The number of likely N-dealkylation sites (N-methyl/N-ethyl adjacent to an activating group) is 1. The van der Waals surface area contributed by atoms with Crippen molar-refractivity contribution in [1.82, 2.24) is 15.1 Å². The summed E-state index contributed by atoms with van der Waals surface area (Å²) < 4.78 is 0. The van der Waals surface area contributed by atoms with Crippen molar-refractivity contribution in [2.75, 3.05) is 57.3 Å². The zero-order valence-corrected chi connectivity index (χ0v) is 16.0. The van der Waals surface area contributed by atoms with Crippen LogP contribution in [0.15, 0.2) is 24.3 Å². The highest BCUT2D eigenvalue weighted by molar-refractivity contribution is 6.31. The van der Waals surface area contributed by atoms with Crippen LogP contribution >= 0.6 is 11.6 Å². The van der Waals surface area contributed by atoms with Crippen molar-refractivity contribution in [3.05, 3.63) is 29.3 Å². The fourth-order valence-electron chi connectivity index (χ4n) is 3.61. The number of amides is 2. The topological polar surface area (TPSA) is 55.9 Å². The number of benzene rings is 1. The Morgan fingerprint density at radius 3 is 2.62 bits per heavy atom. The van der Waals surface area contributed by atoms with Crippen molar-refractivity contribution >= 4 is 29.1 Å². The lowest BCUT2D eigenvalue weighted by Gasteiger charge is -2.34. The predicted molar refractivity (Wildman–Crippen MR) is 103 cm³/mol. The van der Waals surface area contributed by atoms with E-state index in [1.54, 1.807) is 17.0 Å². The molecule has 0 aromatic heterocycles. The molecule has 26 heavy (non-hydrogen) atoms. The fraction of sp³-hybridized carbons (Fsp3) is 0.579. The Labute approximate surface area is 160 Å². The average molecular weight is 379 g/mol. The molecule has 142 valence electrons. The minimum atomic E-state index is -0.592. The van der Waals surface area contributed by atoms with Crippen molar-refractivity contribution in [2.24, 2.45) is 5.92 Å². The normalized spacial score (nSPS) is 22.0. The number of halogens is 1. The zero-order chi connectivity index (χ0) is 18.5. The molecule has 2 fully saturated rings. The minimum absolute atomic E-state index is 0.138. The Bertz CT molecular complexity index is 646. The lowest BCUT2D eigenvalue weighted by atomic mass is 10.1. The smallest absolute Gasteiger partial charge is 0.239 e. The van der Waals surface area contributed by atoms with Gasteiger partial charge in [0.25, 0.3) is 0 Å². The molecule has 7 heteroatoms. The van der Waals surface area contributed by atoms with Gasteiger partial charge in [-0.15, -0.1) is 0 Å². The zero-order valence-electron chi connectivity index (χ0n) is 15.3. The van der Waals surface area contributed by atoms with E-state index in [-0.39, 0.29) is 11.8 Å². The Balaban J connectivity index is 1.45. The van der Waals surface area contributed by atoms with Gasteiger partial charge < -0.3 is 15.1 Å². The molecule has 1 aromatic carbocycles. The van der Waals surface area contributed by atoms with Crippen LogP contribution in [-0.4, -0.2) is 74.0 Å². The van der Waals surface area contributed by atoms with Crippen LogP contribution < -0.4 is 10.2 Å². The molecule has 2 aliphatic heterocycles. The number of anilines is 1. The summed E-state index contributed by atoms with van der Waals surface area (Å²) in [4.78, 5) is 31.5. The summed E-state index contributed by atoms with van der Waals surface area (Å²) in [5.74, 6) is -0.890. The molecular weight excluding hydrogens is 352 g/mol. The molecule has 0 aliphatic carbocycles. The molecule has 1 aromatic rings. The first-order valence-electron chi connectivity index (χ1n) is 9.38. The number of nitrogens with one attached hydrogen (secondary N) is 1. The highest BCUT2D eigenvalue weighted by Crippen LogP contribution is 2.27. The number of rotatable bonds is 6. The van der Waals surface area contributed by atoms with E-state index in [0.29, 0.717) is 24.5 Å². The molecule has 2 saturated heterocycles. The third kappa shape index (κ3) is 4.55. The first-order chi connectivity index (χ1) is 12.6. The summed E-state index contributed by atoms with van der Waals surface area (Å²) in [7, 11) is 0. The molecule has 2 heterocycles. The molecule has 2 amide bonds. The van der Waals surface area contributed by atoms with Crippen molar-refractivity contribution in [2.45, 2.75) is 13.3 Å². The number of carbonyl (C=O) groups is 2. The van der Waals surface area contributed by atoms with Crippen molar-refractivity contribution in [3.63, 3.8) is 0 Å². The van der Waals surface area contributed by atoms with Gasteiger partial charge in [0.05, 0.1) is 0 Å². The van der Waals surface area contributed by atoms with Crippen LogP contribution in [0.3, 0.4) is 0 Å². The number of carbonyl (C=O) groups excluding carboxylic acids is 2. The largest absolute Gasteiger partial charge is 0.354 e. The highest BCUT2D eigenvalue weighted by atomic mass is 35.5. The van der Waals surface area contributed by atoms with Gasteiger partial charge in [0.2, 0.25) is 11.8 Å². The van der Waals surface area contributed by atoms with Gasteiger partial charge in [0, 0.05) is 56.5 Å². The van der Waals surface area contributed by atoms with Gasteiger partial charge in [0.1, 0.15) is 5.92 Å². The fourth-order valence-corrected chi connectivity index (χ4v) is 3.80. The summed E-state index contributed by atoms with van der Waals surface area (Å²) >= 11 is 6.01. The summed E-state index contributed by atoms with van der Waals surface area (Å²) in [6.07, 6.45) is 0.548. The Morgan fingerprint density at radius 1 is 1.19 bits per heavy atom. The summed E-state index contributed by atoms with van der Waals surface area (Å²) in [6, 6.07) is 7.20. The van der Waals surface area contributed by atoms with E-state index in [1.165, 1.54) is 0 Å². The highest BCUT2D eigenvalue weighted by Gasteiger charge is 2.37. The third-order valence-corrected chi connectivity index (χ3v) is 5.52. The Kier molecular flexibility index (Phi) is 6.51. The predicted octanol–water partition coefficient (Wildman–Crippen LogP) is 1.45. The molecule has 1 N–H and O–H groups in total. The van der Waals surface area contributed by atoms with Gasteiger partial charge in [0.15, 0.2) is 0 Å². The van der Waals surface area contributed by atoms with E-state index in [4.69, 9.17) is 11.6 Å². The van der Waals surface area contributed by atoms with E-state index < -0.39 is 5.92 Å². The van der Waals surface area contributed by atoms with Gasteiger partial charge in [-0.25, -0.2) is 0 Å². The number of hydrogen-bond acceptors (Lipinski definition) is 4. The summed E-state index contributed by atoms with van der Waals surface area (Å²) in [5, 5.41) is 3.53. The van der Waals surface area contributed by atoms with Crippen LogP contribution in [0.2, 0.25) is 5.02 Å². The summed E-state index contributed by atoms with van der Waals surface area (Å²) in [5.41, 5.74) is 0.756. The summed E-state index contributed by atoms with van der Waals surface area (Å²) in [6.45, 7) is 9.49. The molecule has 3 rings (SSSR count). The second kappa shape index (κ2) is 8.84. The Hall–Kier alpha value is -1.63. The van der Waals surface area contributed by atoms with E-state index in [9.17, 15) is 9.59 Å². The molecule has 0 spiro atoms. The van der Waals surface area contributed by atoms with E-state index in [1.807, 2.05) is 12.1 Å². The maximum Gasteiger partial charge on any atom is 0.239 e. The monoisotopic (exact) mass is 378 g/mol. The molecule has 0 radical (unpaired) electrons. The van der Waals surface area contributed by atoms with Crippen LogP contribution in [-0.2, 0) is 9.59 Å². The maximum atomic E-state index is 12.6. The van der Waals surface area contributed by atoms with E-state index in [2.05, 4.69) is 22.0 Å². The molecule has 0 bridgehead atoms. The second-order valence-electron chi connectivity index (χ2n) is 6.88. The SMILES string of the molecule is CCN1CCN(CCNC(=O)C2CCN(c3cccc(Cl)c3)C2=O)CC1. The van der Waals surface area contributed by atoms with Crippen LogP contribution in [0, 0.1) is 5.92 Å². The first kappa shape index (κ1) is 19.1. The Morgan fingerprint density at radius 2 is 1.92 bits per heavy atom. The van der Waals surface area contributed by atoms with Gasteiger partial charge in [-0.05, 0) is 31.2 Å². The third-order valence-electron chi connectivity index (χ3n) is 5.28. The standard InChI is InChI=1S/C19H27ClN4O2/c1-2-22-10-12-23(13-11-22)9-7-21-18(25)17-6-8-24(19(17)26)16-5-3-4-15(20)14-16/h3-5,14,17H,2,6-13H2,1H3,(H,21,25). The van der Waals surface area contributed by atoms with Crippen LogP contribution in [0.5, 0.6) is 0 Å². The number of piperazine rings is 1. The van der Waals surface area contributed by atoms with E-state index in [0.717, 1.165) is 45.0 Å². The second-order valence-corrected chi connectivity index (χ2v) is 7.31. The molecule has 1 atom stereocenters. The van der Waals surface area contributed by atoms with Crippen molar-refractivity contribution in [3.8, 4) is 0 Å². The molecule has 1 unspecified atom stereocenters. The molecule has 0 saturated carbocycles. The maximum absolute atomic E-state index is 12.6. The van der Waals surface area contributed by atoms with Crippen LogP contribution in [0.25, 0.3) is 0 Å². The molecular formula is C19H27ClN4O2. The molecule has 2 aliphatic rings. The van der Waals surface area contributed by atoms with Crippen molar-refractivity contribution in [1.29, 1.82) is 0 Å². The average Bonchev–Trinajstić information content (AvgIpc) is 3.04. The quantitative estimate of drug-likeness (QED) is 0.761. The lowest BCUT2D eigenvalue weighted by Crippen LogP contribution is -2.48. The van der Waals surface area contributed by atoms with Gasteiger partial charge in [-0.3, -0.25) is 14.5 Å². The molecule has 6 nitrogen and oxygen atoms in total. The van der Waals surface area contributed by atoms with Gasteiger partial charge >= 0.3 is 0 Å². The van der Waals surface area contributed by atoms with Crippen LogP contribution in [0.1, 0.15) is 13.3 Å².